The molecule has 0 atom stereocenters. The van der Waals surface area contributed by atoms with Gasteiger partial charge in [0, 0.05) is 12.1 Å². The highest BCUT2D eigenvalue weighted by Crippen LogP contribution is 2.42. The molecule has 3 rings (SSSR count). The highest BCUT2D eigenvalue weighted by Gasteiger charge is 2.48. The summed E-state index contributed by atoms with van der Waals surface area (Å²) < 4.78 is 5.73. The van der Waals surface area contributed by atoms with Gasteiger partial charge in [-0.3, -0.25) is 4.79 Å². The van der Waals surface area contributed by atoms with Crippen LogP contribution >= 0.6 is 0 Å². The lowest BCUT2D eigenvalue weighted by Crippen LogP contribution is -2.39. The van der Waals surface area contributed by atoms with E-state index in [1.807, 2.05) is 0 Å². The first-order chi connectivity index (χ1) is 11.6. The Balaban J connectivity index is 1.66. The van der Waals surface area contributed by atoms with Crippen LogP contribution in [0.15, 0.2) is 22.8 Å². The topological polar surface area (TPSA) is 55.4 Å². The second kappa shape index (κ2) is 7.54. The summed E-state index contributed by atoms with van der Waals surface area (Å²) in [5.41, 5.74) is 1.90. The van der Waals surface area contributed by atoms with Crippen LogP contribution in [0.3, 0.4) is 0 Å². The van der Waals surface area contributed by atoms with E-state index in [1.165, 1.54) is 24.8 Å². The van der Waals surface area contributed by atoms with Crippen LogP contribution in [0.5, 0.6) is 0 Å². The third-order valence-corrected chi connectivity index (χ3v) is 5.68. The maximum absolute atomic E-state index is 12.8. The Morgan fingerprint density at radius 1 is 1.17 bits per heavy atom. The number of hydrogen-bond acceptors (Lipinski definition) is 3. The number of hydrogen-bond donors (Lipinski definition) is 1. The van der Waals surface area contributed by atoms with Crippen LogP contribution in [0.25, 0.3) is 0 Å². The number of rotatable bonds is 4. The fraction of sp³-hybridized carbons (Fsp3) is 0.700. The first-order valence-electron chi connectivity index (χ1n) is 9.53. The molecule has 1 saturated carbocycles. The Bertz CT molecular complexity index is 565. The Hall–Kier alpha value is -1.58. The number of esters is 1. The van der Waals surface area contributed by atoms with Gasteiger partial charge in [-0.15, -0.1) is 0 Å². The number of ether oxygens (including phenoxy) is 1. The van der Waals surface area contributed by atoms with Gasteiger partial charge in [-0.1, -0.05) is 24.5 Å². The monoisotopic (exact) mass is 331 g/mol. The van der Waals surface area contributed by atoms with E-state index in [1.54, 1.807) is 6.92 Å². The minimum Gasteiger partial charge on any atom is -0.451 e. The predicted molar refractivity (Wildman–Crippen MR) is 93.4 cm³/mol. The third kappa shape index (κ3) is 3.57. The van der Waals surface area contributed by atoms with Gasteiger partial charge in [0.2, 0.25) is 0 Å². The molecule has 0 aromatic rings. The molecule has 4 heteroatoms. The summed E-state index contributed by atoms with van der Waals surface area (Å²) in [4.78, 5) is 24.9. The Kier molecular flexibility index (Phi) is 5.42. The quantitative estimate of drug-likeness (QED) is 0.626. The lowest BCUT2D eigenvalue weighted by molar-refractivity contribution is -0.148. The van der Waals surface area contributed by atoms with Gasteiger partial charge in [0.05, 0.1) is 5.57 Å². The maximum Gasteiger partial charge on any atom is 0.335 e. The summed E-state index contributed by atoms with van der Waals surface area (Å²) >= 11 is 0. The number of nitrogens with one attached hydrogen (secondary N) is 1. The standard InChI is InChI=1S/C20H29NO3/c1-15-17(18(22)21-14-11-16-9-5-4-6-10-16)20(24-19(15)23)12-7-2-3-8-13-20/h9H,2-8,10-14H2,1H3,(H,21,22). The first kappa shape index (κ1) is 17.2. The van der Waals surface area contributed by atoms with Crippen LogP contribution in [0.2, 0.25) is 0 Å². The highest BCUT2D eigenvalue weighted by atomic mass is 16.6. The molecule has 1 amide bonds. The average molecular weight is 331 g/mol. The van der Waals surface area contributed by atoms with Crippen molar-refractivity contribution in [3.63, 3.8) is 0 Å². The van der Waals surface area contributed by atoms with E-state index in [2.05, 4.69) is 11.4 Å². The summed E-state index contributed by atoms with van der Waals surface area (Å²) in [6.45, 7) is 2.38. The molecule has 4 nitrogen and oxygen atoms in total. The molecular weight excluding hydrogens is 302 g/mol. The maximum atomic E-state index is 12.8. The van der Waals surface area contributed by atoms with E-state index in [9.17, 15) is 9.59 Å². The van der Waals surface area contributed by atoms with Gasteiger partial charge < -0.3 is 10.1 Å². The van der Waals surface area contributed by atoms with Crippen LogP contribution in [0, 0.1) is 0 Å². The summed E-state index contributed by atoms with van der Waals surface area (Å²) in [5.74, 6) is -0.409. The Morgan fingerprint density at radius 2 is 1.92 bits per heavy atom. The minimum atomic E-state index is -0.661. The number of carbonyl (C=O) groups is 2. The van der Waals surface area contributed by atoms with Crippen LogP contribution in [0.4, 0.5) is 0 Å². The van der Waals surface area contributed by atoms with Crippen molar-refractivity contribution in [2.75, 3.05) is 6.54 Å². The van der Waals surface area contributed by atoms with Crippen molar-refractivity contribution in [2.24, 2.45) is 0 Å². The molecule has 0 aromatic heterocycles. The van der Waals surface area contributed by atoms with Crippen LogP contribution < -0.4 is 5.32 Å². The highest BCUT2D eigenvalue weighted by molar-refractivity contribution is 6.07. The van der Waals surface area contributed by atoms with Gasteiger partial charge in [-0.2, -0.15) is 0 Å². The van der Waals surface area contributed by atoms with E-state index in [4.69, 9.17) is 4.74 Å². The van der Waals surface area contributed by atoms with Gasteiger partial charge in [-0.25, -0.2) is 4.79 Å². The molecule has 0 radical (unpaired) electrons. The zero-order valence-electron chi connectivity index (χ0n) is 14.8. The zero-order valence-corrected chi connectivity index (χ0v) is 14.8. The molecule has 0 saturated heterocycles. The third-order valence-electron chi connectivity index (χ3n) is 5.68. The van der Waals surface area contributed by atoms with Gasteiger partial charge >= 0.3 is 5.97 Å². The molecule has 132 valence electrons. The number of allylic oxidation sites excluding steroid dienone is 1. The number of carbonyl (C=O) groups excluding carboxylic acids is 2. The average Bonchev–Trinajstić information content (AvgIpc) is 2.72. The smallest absolute Gasteiger partial charge is 0.335 e. The van der Waals surface area contributed by atoms with Crippen LogP contribution in [-0.2, 0) is 14.3 Å². The van der Waals surface area contributed by atoms with Crippen molar-refractivity contribution < 1.29 is 14.3 Å². The summed E-state index contributed by atoms with van der Waals surface area (Å²) in [6.07, 6.45) is 14.0. The Morgan fingerprint density at radius 3 is 2.58 bits per heavy atom. The van der Waals surface area contributed by atoms with E-state index in [0.717, 1.165) is 51.4 Å². The van der Waals surface area contributed by atoms with Gasteiger partial charge in [-0.05, 0) is 64.7 Å². The normalized spacial score (nSPS) is 23.7. The fourth-order valence-corrected chi connectivity index (χ4v) is 4.33. The molecule has 2 aliphatic carbocycles. The van der Waals surface area contributed by atoms with E-state index < -0.39 is 5.60 Å². The minimum absolute atomic E-state index is 0.100. The molecule has 3 aliphatic rings. The van der Waals surface area contributed by atoms with Crippen molar-refractivity contribution in [2.45, 2.75) is 83.2 Å². The molecule has 1 fully saturated rings. The van der Waals surface area contributed by atoms with Crippen LogP contribution in [0.1, 0.15) is 77.6 Å². The largest absolute Gasteiger partial charge is 0.451 e. The van der Waals surface area contributed by atoms with Gasteiger partial charge in [0.25, 0.3) is 5.91 Å². The van der Waals surface area contributed by atoms with Gasteiger partial charge in [0.1, 0.15) is 5.60 Å². The molecular formula is C20H29NO3. The number of amides is 1. The predicted octanol–water partition coefficient (Wildman–Crippen LogP) is 3.96. The van der Waals surface area contributed by atoms with Crippen molar-refractivity contribution in [3.8, 4) is 0 Å². The van der Waals surface area contributed by atoms with E-state index in [-0.39, 0.29) is 11.9 Å². The molecule has 0 bridgehead atoms. The molecule has 0 unspecified atom stereocenters. The second-order valence-electron chi connectivity index (χ2n) is 7.41. The van der Waals surface area contributed by atoms with E-state index in [0.29, 0.717) is 17.7 Å². The SMILES string of the molecule is CC1=C(C(=O)NCCC2=CCCCC2)C2(CCCCCC2)OC1=O. The van der Waals surface area contributed by atoms with Crippen molar-refractivity contribution in [1.82, 2.24) is 5.32 Å². The fourth-order valence-electron chi connectivity index (χ4n) is 4.33. The van der Waals surface area contributed by atoms with Crippen LogP contribution in [-0.4, -0.2) is 24.0 Å². The first-order valence-corrected chi connectivity index (χ1v) is 9.53. The summed E-state index contributed by atoms with van der Waals surface area (Å²) in [5, 5.41) is 3.04. The molecule has 24 heavy (non-hydrogen) atoms. The summed E-state index contributed by atoms with van der Waals surface area (Å²) in [7, 11) is 0. The molecule has 1 heterocycles. The molecule has 1 aliphatic heterocycles. The molecule has 1 spiro atoms. The summed E-state index contributed by atoms with van der Waals surface area (Å²) in [6, 6.07) is 0. The van der Waals surface area contributed by atoms with Crippen molar-refractivity contribution in [3.05, 3.63) is 22.8 Å². The zero-order chi connectivity index (χ0) is 17.0. The van der Waals surface area contributed by atoms with Crippen molar-refractivity contribution >= 4 is 11.9 Å². The second-order valence-corrected chi connectivity index (χ2v) is 7.41. The lowest BCUT2D eigenvalue weighted by Gasteiger charge is -2.29. The molecule has 1 N–H and O–H groups in total. The van der Waals surface area contributed by atoms with E-state index >= 15 is 0 Å². The van der Waals surface area contributed by atoms with Gasteiger partial charge in [0.15, 0.2) is 0 Å². The lowest BCUT2D eigenvalue weighted by atomic mass is 9.84. The Labute approximate surface area is 144 Å². The molecule has 0 aromatic carbocycles. The van der Waals surface area contributed by atoms with Crippen molar-refractivity contribution in [1.29, 1.82) is 0 Å².